The van der Waals surface area contributed by atoms with Gasteiger partial charge in [0.15, 0.2) is 0 Å². The Bertz CT molecular complexity index is 180. The zero-order valence-electron chi connectivity index (χ0n) is 11.2. The second-order valence-corrected chi connectivity index (χ2v) is 5.64. The first-order valence-electron chi connectivity index (χ1n) is 7.09. The average molecular weight is 227 g/mol. The fraction of sp³-hybridized carbons (Fsp3) is 1.00. The molecule has 2 nitrogen and oxygen atoms in total. The smallest absolute Gasteiger partial charge is 0.0746 e. The summed E-state index contributed by atoms with van der Waals surface area (Å²) in [4.78, 5) is 2.43. The van der Waals surface area contributed by atoms with Crippen LogP contribution in [-0.4, -0.2) is 35.2 Å². The first-order chi connectivity index (χ1) is 7.64. The number of aliphatic hydroxyl groups is 1. The molecule has 0 saturated carbocycles. The van der Waals surface area contributed by atoms with Gasteiger partial charge < -0.3 is 10.0 Å². The highest BCUT2D eigenvalue weighted by Gasteiger charge is 2.27. The van der Waals surface area contributed by atoms with Crippen molar-refractivity contribution in [1.29, 1.82) is 0 Å². The Labute approximate surface area is 101 Å². The van der Waals surface area contributed by atoms with E-state index < -0.39 is 5.60 Å². The Morgan fingerprint density at radius 3 is 2.50 bits per heavy atom. The van der Waals surface area contributed by atoms with Crippen LogP contribution in [0.3, 0.4) is 0 Å². The van der Waals surface area contributed by atoms with Crippen molar-refractivity contribution in [3.8, 4) is 0 Å². The van der Waals surface area contributed by atoms with Gasteiger partial charge in [0, 0.05) is 6.54 Å². The van der Waals surface area contributed by atoms with Gasteiger partial charge in [-0.25, -0.2) is 0 Å². The summed E-state index contributed by atoms with van der Waals surface area (Å²) in [5, 5.41) is 9.98. The van der Waals surface area contributed by atoms with Crippen LogP contribution >= 0.6 is 0 Å². The van der Waals surface area contributed by atoms with Crippen LogP contribution < -0.4 is 0 Å². The van der Waals surface area contributed by atoms with E-state index in [1.807, 2.05) is 6.92 Å². The molecule has 1 atom stereocenters. The predicted octanol–water partition coefficient (Wildman–Crippen LogP) is 3.19. The number of hydrogen-bond acceptors (Lipinski definition) is 2. The molecule has 16 heavy (non-hydrogen) atoms. The number of rotatable bonds is 7. The van der Waals surface area contributed by atoms with Crippen LogP contribution in [0.2, 0.25) is 0 Å². The van der Waals surface area contributed by atoms with Crippen molar-refractivity contribution in [3.63, 3.8) is 0 Å². The molecule has 1 fully saturated rings. The lowest BCUT2D eigenvalue weighted by Crippen LogP contribution is -2.46. The summed E-state index contributed by atoms with van der Waals surface area (Å²) in [6.07, 6.45) is 10.3. The van der Waals surface area contributed by atoms with Gasteiger partial charge in [-0.05, 0) is 39.3 Å². The van der Waals surface area contributed by atoms with Crippen LogP contribution in [0.25, 0.3) is 0 Å². The van der Waals surface area contributed by atoms with E-state index in [2.05, 4.69) is 11.8 Å². The quantitative estimate of drug-likeness (QED) is 0.675. The van der Waals surface area contributed by atoms with Crippen LogP contribution in [0.15, 0.2) is 0 Å². The van der Waals surface area contributed by atoms with E-state index in [0.29, 0.717) is 0 Å². The Kier molecular flexibility index (Phi) is 6.37. The van der Waals surface area contributed by atoms with Crippen LogP contribution in [0.1, 0.15) is 65.2 Å². The molecule has 1 rings (SSSR count). The third kappa shape index (κ3) is 5.86. The first-order valence-corrected chi connectivity index (χ1v) is 7.09. The maximum atomic E-state index is 9.98. The molecular formula is C14H29NO. The van der Waals surface area contributed by atoms with Crippen molar-refractivity contribution in [2.24, 2.45) is 0 Å². The molecule has 0 amide bonds. The third-order valence-corrected chi connectivity index (χ3v) is 3.58. The number of nitrogens with zero attached hydrogens (tertiary/aromatic N) is 1. The summed E-state index contributed by atoms with van der Waals surface area (Å²) in [5.74, 6) is 0. The van der Waals surface area contributed by atoms with E-state index in [9.17, 15) is 5.11 Å². The normalized spacial score (nSPS) is 27.2. The number of β-amino-alcohol motifs (C(OH)–C–C–N with tert-alkyl or cyclic N) is 1. The van der Waals surface area contributed by atoms with Crippen molar-refractivity contribution < 1.29 is 5.11 Å². The maximum Gasteiger partial charge on any atom is 0.0746 e. The zero-order valence-corrected chi connectivity index (χ0v) is 11.2. The summed E-state index contributed by atoms with van der Waals surface area (Å²) in [6, 6.07) is 0. The molecule has 0 aromatic heterocycles. The van der Waals surface area contributed by atoms with Crippen LogP contribution in [0.5, 0.6) is 0 Å². The van der Waals surface area contributed by atoms with Crippen LogP contribution in [0, 0.1) is 0 Å². The first kappa shape index (κ1) is 14.0. The van der Waals surface area contributed by atoms with Gasteiger partial charge in [-0.1, -0.05) is 39.0 Å². The summed E-state index contributed by atoms with van der Waals surface area (Å²) < 4.78 is 0. The largest absolute Gasteiger partial charge is 0.389 e. The van der Waals surface area contributed by atoms with Gasteiger partial charge in [-0.2, -0.15) is 0 Å². The van der Waals surface area contributed by atoms with E-state index in [1.165, 1.54) is 51.6 Å². The molecule has 1 N–H and O–H groups in total. The summed E-state index contributed by atoms with van der Waals surface area (Å²) in [7, 11) is 0. The second-order valence-electron chi connectivity index (χ2n) is 5.64. The third-order valence-electron chi connectivity index (χ3n) is 3.58. The highest BCUT2D eigenvalue weighted by atomic mass is 16.3. The van der Waals surface area contributed by atoms with Crippen molar-refractivity contribution >= 4 is 0 Å². The SMILES string of the molecule is CCCCCCCCN1CCCC(C)(O)C1. The maximum absolute atomic E-state index is 9.98. The predicted molar refractivity (Wildman–Crippen MR) is 69.7 cm³/mol. The molecule has 0 radical (unpaired) electrons. The highest BCUT2D eigenvalue weighted by Crippen LogP contribution is 2.20. The molecule has 0 aliphatic carbocycles. The standard InChI is InChI=1S/C14H29NO/c1-3-4-5-6-7-8-11-15-12-9-10-14(2,16)13-15/h16H,3-13H2,1-2H3. The summed E-state index contributed by atoms with van der Waals surface area (Å²) in [5.41, 5.74) is -0.430. The molecule has 0 bridgehead atoms. The minimum atomic E-state index is -0.430. The Morgan fingerprint density at radius 2 is 1.81 bits per heavy atom. The number of unbranched alkanes of at least 4 members (excludes halogenated alkanes) is 5. The molecule has 1 heterocycles. The van der Waals surface area contributed by atoms with Crippen LogP contribution in [0.4, 0.5) is 0 Å². The average Bonchev–Trinajstić information content (AvgIpc) is 2.22. The number of piperidine rings is 1. The van der Waals surface area contributed by atoms with Gasteiger partial charge in [0.1, 0.15) is 0 Å². The lowest BCUT2D eigenvalue weighted by molar-refractivity contribution is -0.0158. The highest BCUT2D eigenvalue weighted by molar-refractivity contribution is 4.82. The fourth-order valence-corrected chi connectivity index (χ4v) is 2.63. The van der Waals surface area contributed by atoms with Gasteiger partial charge in [0.2, 0.25) is 0 Å². The molecule has 0 aromatic rings. The van der Waals surface area contributed by atoms with Gasteiger partial charge in [0.05, 0.1) is 5.60 Å². The molecule has 0 spiro atoms. The van der Waals surface area contributed by atoms with Gasteiger partial charge in [-0.15, -0.1) is 0 Å². The van der Waals surface area contributed by atoms with E-state index in [4.69, 9.17) is 0 Å². The monoisotopic (exact) mass is 227 g/mol. The fourth-order valence-electron chi connectivity index (χ4n) is 2.63. The zero-order chi connectivity index (χ0) is 11.9. The summed E-state index contributed by atoms with van der Waals surface area (Å²) >= 11 is 0. The van der Waals surface area contributed by atoms with E-state index in [-0.39, 0.29) is 0 Å². The van der Waals surface area contributed by atoms with Gasteiger partial charge >= 0.3 is 0 Å². The topological polar surface area (TPSA) is 23.5 Å². The molecule has 2 heteroatoms. The molecule has 1 unspecified atom stereocenters. The Morgan fingerprint density at radius 1 is 1.12 bits per heavy atom. The van der Waals surface area contributed by atoms with Crippen molar-refractivity contribution in [2.75, 3.05) is 19.6 Å². The lowest BCUT2D eigenvalue weighted by atomic mass is 9.95. The minimum Gasteiger partial charge on any atom is -0.389 e. The van der Waals surface area contributed by atoms with Crippen molar-refractivity contribution in [2.45, 2.75) is 70.8 Å². The van der Waals surface area contributed by atoms with Gasteiger partial charge in [0.25, 0.3) is 0 Å². The number of hydrogen-bond donors (Lipinski definition) is 1. The van der Waals surface area contributed by atoms with Crippen molar-refractivity contribution in [3.05, 3.63) is 0 Å². The molecule has 1 aliphatic heterocycles. The molecule has 96 valence electrons. The molecule has 0 aromatic carbocycles. The molecule has 1 aliphatic rings. The minimum absolute atomic E-state index is 0.430. The second kappa shape index (κ2) is 7.29. The Balaban J connectivity index is 2.00. The van der Waals surface area contributed by atoms with E-state index in [0.717, 1.165) is 19.4 Å². The number of likely N-dealkylation sites (tertiary alicyclic amines) is 1. The molecular weight excluding hydrogens is 198 g/mol. The van der Waals surface area contributed by atoms with Crippen molar-refractivity contribution in [1.82, 2.24) is 4.90 Å². The molecule has 1 saturated heterocycles. The van der Waals surface area contributed by atoms with E-state index in [1.54, 1.807) is 0 Å². The van der Waals surface area contributed by atoms with E-state index >= 15 is 0 Å². The van der Waals surface area contributed by atoms with Crippen LogP contribution in [-0.2, 0) is 0 Å². The summed E-state index contributed by atoms with van der Waals surface area (Å²) in [6.45, 7) is 7.48. The lowest BCUT2D eigenvalue weighted by Gasteiger charge is -2.36. The Hall–Kier alpha value is -0.0800. The van der Waals surface area contributed by atoms with Gasteiger partial charge in [-0.3, -0.25) is 0 Å².